The summed E-state index contributed by atoms with van der Waals surface area (Å²) in [5.74, 6) is 2.47. The third-order valence-corrected chi connectivity index (χ3v) is 5.20. The number of benzene rings is 2. The molecule has 0 aliphatic carbocycles. The summed E-state index contributed by atoms with van der Waals surface area (Å²) in [6, 6.07) is 17.8. The molecule has 3 aromatic rings. The molecule has 142 valence electrons. The lowest BCUT2D eigenvalue weighted by atomic mass is 9.81. The molecule has 4 rings (SSSR count). The Kier molecular flexibility index (Phi) is 4.63. The first kappa shape index (κ1) is 18.2. The van der Waals surface area contributed by atoms with Crippen LogP contribution in [-0.2, 0) is 0 Å². The highest BCUT2D eigenvalue weighted by molar-refractivity contribution is 5.94. The molecule has 0 bridgehead atoms. The Morgan fingerprint density at radius 3 is 2.39 bits per heavy atom. The summed E-state index contributed by atoms with van der Waals surface area (Å²) in [5.41, 5.74) is 4.80. The molecule has 2 heterocycles. The Bertz CT molecular complexity index is 1020. The van der Waals surface area contributed by atoms with Crippen molar-refractivity contribution in [3.8, 4) is 22.8 Å². The third-order valence-electron chi connectivity index (χ3n) is 5.20. The molecule has 0 spiro atoms. The van der Waals surface area contributed by atoms with Gasteiger partial charge in [-0.1, -0.05) is 44.2 Å². The molecule has 1 amide bonds. The van der Waals surface area contributed by atoms with Crippen LogP contribution < -0.4 is 4.74 Å². The average molecular weight is 372 g/mol. The number of aromatic nitrogens is 1. The van der Waals surface area contributed by atoms with Gasteiger partial charge in [0.15, 0.2) is 0 Å². The highest BCUT2D eigenvalue weighted by atomic mass is 16.5. The fraction of sp³-hybridized carbons (Fsp3) is 0.250. The van der Waals surface area contributed by atoms with Crippen molar-refractivity contribution in [1.29, 1.82) is 0 Å². The molecule has 0 N–H and O–H groups in total. The molecule has 1 aliphatic rings. The summed E-state index contributed by atoms with van der Waals surface area (Å²) in [4.78, 5) is 18.4. The summed E-state index contributed by atoms with van der Waals surface area (Å²) in [5, 5.41) is 0. The normalized spacial score (nSPS) is 14.8. The monoisotopic (exact) mass is 372 g/mol. The average Bonchev–Trinajstić information content (AvgIpc) is 2.70. The van der Waals surface area contributed by atoms with E-state index in [0.29, 0.717) is 11.5 Å². The van der Waals surface area contributed by atoms with E-state index in [1.165, 1.54) is 5.56 Å². The molecule has 1 aromatic heterocycles. The Morgan fingerprint density at radius 1 is 1.00 bits per heavy atom. The minimum atomic E-state index is -0.00957. The molecule has 0 fully saturated rings. The largest absolute Gasteiger partial charge is 0.457 e. The Labute approximate surface area is 165 Å². The zero-order valence-electron chi connectivity index (χ0n) is 16.6. The maximum absolute atomic E-state index is 12.1. The summed E-state index contributed by atoms with van der Waals surface area (Å²) in [6.45, 7) is 4.45. The van der Waals surface area contributed by atoms with Crippen LogP contribution in [0.15, 0.2) is 60.8 Å². The van der Waals surface area contributed by atoms with Crippen LogP contribution in [0.5, 0.6) is 11.5 Å². The first-order valence-corrected chi connectivity index (χ1v) is 9.54. The molecule has 0 saturated heterocycles. The van der Waals surface area contributed by atoms with Gasteiger partial charge in [-0.3, -0.25) is 9.78 Å². The van der Waals surface area contributed by atoms with Gasteiger partial charge in [0.25, 0.3) is 5.91 Å². The van der Waals surface area contributed by atoms with Crippen molar-refractivity contribution in [2.45, 2.75) is 19.8 Å². The van der Waals surface area contributed by atoms with Crippen LogP contribution >= 0.6 is 0 Å². The van der Waals surface area contributed by atoms with Gasteiger partial charge in [0.1, 0.15) is 11.5 Å². The summed E-state index contributed by atoms with van der Waals surface area (Å²) in [6.07, 6.45) is 1.93. The van der Waals surface area contributed by atoms with Crippen LogP contribution in [0.3, 0.4) is 0 Å². The van der Waals surface area contributed by atoms with Gasteiger partial charge in [-0.05, 0) is 24.1 Å². The van der Waals surface area contributed by atoms with E-state index < -0.39 is 0 Å². The number of carbonyl (C=O) groups excluding carboxylic acids is 1. The van der Waals surface area contributed by atoms with Gasteiger partial charge in [0.2, 0.25) is 0 Å². The number of rotatable bonds is 3. The smallest absolute Gasteiger partial charge is 0.253 e. The van der Waals surface area contributed by atoms with Crippen molar-refractivity contribution >= 4 is 5.91 Å². The lowest BCUT2D eigenvalue weighted by Gasteiger charge is -2.30. The van der Waals surface area contributed by atoms with Gasteiger partial charge >= 0.3 is 0 Å². The standard InChI is InChI=1S/C24H24N2O2/c1-15(2)23-18-7-5-6-8-21(18)28-22-13-20(25-14-19(22)23)16-9-11-17(12-10-16)24(27)26(3)4/h5-15,23H,1-4H3. The van der Waals surface area contributed by atoms with Gasteiger partial charge in [0, 0.05) is 54.5 Å². The third kappa shape index (κ3) is 3.15. The van der Waals surface area contributed by atoms with Crippen LogP contribution in [0, 0.1) is 5.92 Å². The fourth-order valence-corrected chi connectivity index (χ4v) is 3.80. The molecule has 1 atom stereocenters. The van der Waals surface area contributed by atoms with E-state index in [0.717, 1.165) is 28.3 Å². The number of hydrogen-bond acceptors (Lipinski definition) is 3. The van der Waals surface area contributed by atoms with E-state index in [1.54, 1.807) is 19.0 Å². The van der Waals surface area contributed by atoms with Crippen molar-refractivity contribution in [3.05, 3.63) is 77.5 Å². The predicted octanol–water partition coefficient (Wildman–Crippen LogP) is 5.34. The number of nitrogens with zero attached hydrogens (tertiary/aromatic N) is 2. The lowest BCUT2D eigenvalue weighted by molar-refractivity contribution is 0.0827. The van der Waals surface area contributed by atoms with Crippen LogP contribution in [0.25, 0.3) is 11.3 Å². The number of pyridine rings is 1. The quantitative estimate of drug-likeness (QED) is 0.623. The molecule has 1 aliphatic heterocycles. The Morgan fingerprint density at radius 2 is 1.71 bits per heavy atom. The highest BCUT2D eigenvalue weighted by Crippen LogP contribution is 2.47. The molecule has 0 saturated carbocycles. The van der Waals surface area contributed by atoms with Gasteiger partial charge in [-0.25, -0.2) is 0 Å². The summed E-state index contributed by atoms with van der Waals surface area (Å²) >= 11 is 0. The zero-order valence-corrected chi connectivity index (χ0v) is 16.6. The maximum atomic E-state index is 12.1. The fourth-order valence-electron chi connectivity index (χ4n) is 3.80. The van der Waals surface area contributed by atoms with Crippen LogP contribution in [0.2, 0.25) is 0 Å². The minimum Gasteiger partial charge on any atom is -0.457 e. The van der Waals surface area contributed by atoms with Crippen LogP contribution in [0.4, 0.5) is 0 Å². The number of para-hydroxylation sites is 1. The van der Waals surface area contributed by atoms with E-state index in [1.807, 2.05) is 48.7 Å². The number of fused-ring (bicyclic) bond motifs is 2. The second kappa shape index (κ2) is 7.12. The van der Waals surface area contributed by atoms with Gasteiger partial charge in [-0.2, -0.15) is 0 Å². The zero-order chi connectivity index (χ0) is 19.8. The summed E-state index contributed by atoms with van der Waals surface area (Å²) < 4.78 is 6.21. The summed E-state index contributed by atoms with van der Waals surface area (Å²) in [7, 11) is 3.50. The molecule has 0 radical (unpaired) electrons. The molecular formula is C24H24N2O2. The molecule has 28 heavy (non-hydrogen) atoms. The number of ether oxygens (including phenoxy) is 1. The number of hydrogen-bond donors (Lipinski definition) is 0. The van der Waals surface area contributed by atoms with Gasteiger partial charge in [0.05, 0.1) is 5.69 Å². The van der Waals surface area contributed by atoms with Crippen LogP contribution in [0.1, 0.15) is 41.3 Å². The van der Waals surface area contributed by atoms with Gasteiger partial charge < -0.3 is 9.64 Å². The predicted molar refractivity (Wildman–Crippen MR) is 111 cm³/mol. The van der Waals surface area contributed by atoms with Crippen molar-refractivity contribution in [2.24, 2.45) is 5.92 Å². The minimum absolute atomic E-state index is 0.00957. The Hall–Kier alpha value is -3.14. The van der Waals surface area contributed by atoms with E-state index in [9.17, 15) is 4.79 Å². The van der Waals surface area contributed by atoms with Crippen LogP contribution in [-0.4, -0.2) is 29.9 Å². The molecular weight excluding hydrogens is 348 g/mol. The van der Waals surface area contributed by atoms with Crippen molar-refractivity contribution in [3.63, 3.8) is 0 Å². The second-order valence-electron chi connectivity index (χ2n) is 7.75. The SMILES string of the molecule is CC(C)C1c2ccccc2Oc2cc(-c3ccc(C(=O)N(C)C)cc3)ncc21. The van der Waals surface area contributed by atoms with Crippen molar-refractivity contribution in [2.75, 3.05) is 14.1 Å². The van der Waals surface area contributed by atoms with Gasteiger partial charge in [-0.15, -0.1) is 0 Å². The molecule has 2 aromatic carbocycles. The first-order chi connectivity index (χ1) is 13.5. The topological polar surface area (TPSA) is 42.4 Å². The number of carbonyl (C=O) groups is 1. The van der Waals surface area contributed by atoms with Crippen molar-refractivity contribution in [1.82, 2.24) is 9.88 Å². The first-order valence-electron chi connectivity index (χ1n) is 9.54. The molecule has 4 nitrogen and oxygen atoms in total. The van der Waals surface area contributed by atoms with E-state index in [-0.39, 0.29) is 11.8 Å². The highest BCUT2D eigenvalue weighted by Gasteiger charge is 2.30. The number of amides is 1. The van der Waals surface area contributed by atoms with E-state index in [2.05, 4.69) is 26.0 Å². The van der Waals surface area contributed by atoms with Crippen molar-refractivity contribution < 1.29 is 9.53 Å². The maximum Gasteiger partial charge on any atom is 0.253 e. The molecule has 4 heteroatoms. The Balaban J connectivity index is 1.71. The molecule has 1 unspecified atom stereocenters. The second-order valence-corrected chi connectivity index (χ2v) is 7.75. The lowest BCUT2D eigenvalue weighted by Crippen LogP contribution is -2.21. The van der Waals surface area contributed by atoms with E-state index in [4.69, 9.17) is 9.72 Å². The van der Waals surface area contributed by atoms with E-state index >= 15 is 0 Å².